The summed E-state index contributed by atoms with van der Waals surface area (Å²) in [5.41, 5.74) is 1.15. The third-order valence-electron chi connectivity index (χ3n) is 2.83. The molecular weight excluding hydrogens is 204 g/mol. The number of carbonyl (C=O) groups is 2. The minimum atomic E-state index is -0.547. The van der Waals surface area contributed by atoms with Gasteiger partial charge >= 0.3 is 5.97 Å². The molecule has 1 aliphatic heterocycles. The fourth-order valence-electron chi connectivity index (χ4n) is 1.89. The third-order valence-corrected chi connectivity index (χ3v) is 2.83. The van der Waals surface area contributed by atoms with Crippen molar-refractivity contribution in [3.05, 3.63) is 35.9 Å². The molecule has 1 fully saturated rings. The Bertz CT molecular complexity index is 367. The topological polar surface area (TPSA) is 43.4 Å². The molecule has 0 N–H and O–H groups in total. The van der Waals surface area contributed by atoms with Crippen LogP contribution in [0.3, 0.4) is 0 Å². The zero-order chi connectivity index (χ0) is 11.4. The summed E-state index contributed by atoms with van der Waals surface area (Å²) < 4.78 is 4.89. The Morgan fingerprint density at radius 3 is 2.62 bits per heavy atom. The number of ether oxygens (including phenoxy) is 1. The van der Waals surface area contributed by atoms with E-state index >= 15 is 0 Å². The zero-order valence-corrected chi connectivity index (χ0v) is 9.02. The van der Waals surface area contributed by atoms with Crippen molar-refractivity contribution in [3.63, 3.8) is 0 Å². The normalized spacial score (nSPS) is 20.6. The SMILES string of the molecule is O=C1CCOC(=O)C1CCc1ccccc1. The molecular formula is C13H14O3. The molecule has 2 rings (SSSR count). The van der Waals surface area contributed by atoms with Crippen LogP contribution in [0.15, 0.2) is 30.3 Å². The van der Waals surface area contributed by atoms with Crippen molar-refractivity contribution in [2.45, 2.75) is 19.3 Å². The average molecular weight is 218 g/mol. The summed E-state index contributed by atoms with van der Waals surface area (Å²) >= 11 is 0. The predicted octanol–water partition coefficient (Wildman–Crippen LogP) is 1.75. The molecule has 0 aromatic heterocycles. The fourth-order valence-corrected chi connectivity index (χ4v) is 1.89. The van der Waals surface area contributed by atoms with Crippen molar-refractivity contribution in [3.8, 4) is 0 Å². The minimum Gasteiger partial charge on any atom is -0.465 e. The van der Waals surface area contributed by atoms with Gasteiger partial charge in [0.1, 0.15) is 5.92 Å². The highest BCUT2D eigenvalue weighted by Crippen LogP contribution is 2.17. The van der Waals surface area contributed by atoms with Crippen LogP contribution in [-0.2, 0) is 20.7 Å². The third kappa shape index (κ3) is 2.48. The number of hydrogen-bond donors (Lipinski definition) is 0. The molecule has 1 aliphatic rings. The molecule has 1 unspecified atom stereocenters. The Balaban J connectivity index is 1.94. The van der Waals surface area contributed by atoms with Crippen LogP contribution in [0.2, 0.25) is 0 Å². The molecule has 84 valence electrons. The summed E-state index contributed by atoms with van der Waals surface area (Å²) in [5.74, 6) is -0.881. The Kier molecular flexibility index (Phi) is 3.34. The Labute approximate surface area is 94.4 Å². The lowest BCUT2D eigenvalue weighted by Gasteiger charge is -2.19. The molecule has 0 spiro atoms. The van der Waals surface area contributed by atoms with E-state index in [0.29, 0.717) is 12.8 Å². The maximum Gasteiger partial charge on any atom is 0.316 e. The maximum absolute atomic E-state index is 11.5. The standard InChI is InChI=1S/C13H14O3/c14-12-8-9-16-13(15)11(12)7-6-10-4-2-1-3-5-10/h1-5,11H,6-9H2. The number of rotatable bonds is 3. The first-order valence-electron chi connectivity index (χ1n) is 5.50. The number of hydrogen-bond acceptors (Lipinski definition) is 3. The molecule has 0 aliphatic carbocycles. The number of carbonyl (C=O) groups excluding carboxylic acids is 2. The number of Topliss-reactive ketones (excluding diaryl/α,β-unsaturated/α-hetero) is 1. The highest BCUT2D eigenvalue weighted by molar-refractivity contribution is 6.00. The van der Waals surface area contributed by atoms with Gasteiger partial charge in [-0.25, -0.2) is 0 Å². The second-order valence-corrected chi connectivity index (χ2v) is 3.96. The summed E-state index contributed by atoms with van der Waals surface area (Å²) in [7, 11) is 0. The molecule has 3 nitrogen and oxygen atoms in total. The van der Waals surface area contributed by atoms with E-state index in [1.807, 2.05) is 30.3 Å². The van der Waals surface area contributed by atoms with Gasteiger partial charge in [-0.1, -0.05) is 30.3 Å². The first-order valence-corrected chi connectivity index (χ1v) is 5.50. The highest BCUT2D eigenvalue weighted by Gasteiger charge is 2.31. The van der Waals surface area contributed by atoms with Crippen molar-refractivity contribution >= 4 is 11.8 Å². The fraction of sp³-hybridized carbons (Fsp3) is 0.385. The Morgan fingerprint density at radius 2 is 1.94 bits per heavy atom. The quantitative estimate of drug-likeness (QED) is 0.573. The van der Waals surface area contributed by atoms with E-state index in [9.17, 15) is 9.59 Å². The van der Waals surface area contributed by atoms with Crippen molar-refractivity contribution in [1.29, 1.82) is 0 Å². The van der Waals surface area contributed by atoms with Crippen LogP contribution in [0.1, 0.15) is 18.4 Å². The van der Waals surface area contributed by atoms with E-state index in [1.54, 1.807) is 0 Å². The van der Waals surface area contributed by atoms with Crippen molar-refractivity contribution < 1.29 is 14.3 Å². The zero-order valence-electron chi connectivity index (χ0n) is 9.02. The molecule has 0 amide bonds. The predicted molar refractivity (Wildman–Crippen MR) is 58.8 cm³/mol. The van der Waals surface area contributed by atoms with Gasteiger partial charge in [0.05, 0.1) is 6.61 Å². The van der Waals surface area contributed by atoms with Crippen LogP contribution in [0.5, 0.6) is 0 Å². The van der Waals surface area contributed by atoms with E-state index in [-0.39, 0.29) is 18.4 Å². The van der Waals surface area contributed by atoms with E-state index < -0.39 is 5.92 Å². The minimum absolute atomic E-state index is 0.0205. The van der Waals surface area contributed by atoms with Gasteiger partial charge in [0.25, 0.3) is 0 Å². The van der Waals surface area contributed by atoms with Crippen LogP contribution in [-0.4, -0.2) is 18.4 Å². The number of cyclic esters (lactones) is 1. The maximum atomic E-state index is 11.5. The van der Waals surface area contributed by atoms with Crippen molar-refractivity contribution in [2.24, 2.45) is 5.92 Å². The molecule has 3 heteroatoms. The Morgan fingerprint density at radius 1 is 1.19 bits per heavy atom. The van der Waals surface area contributed by atoms with Gasteiger partial charge in [-0.3, -0.25) is 9.59 Å². The van der Waals surface area contributed by atoms with Crippen molar-refractivity contribution in [1.82, 2.24) is 0 Å². The van der Waals surface area contributed by atoms with Crippen LogP contribution >= 0.6 is 0 Å². The lowest BCUT2D eigenvalue weighted by Crippen LogP contribution is -2.33. The summed E-state index contributed by atoms with van der Waals surface area (Å²) in [6.07, 6.45) is 1.67. The van der Waals surface area contributed by atoms with E-state index in [2.05, 4.69) is 0 Å². The van der Waals surface area contributed by atoms with Gasteiger partial charge in [-0.15, -0.1) is 0 Å². The second kappa shape index (κ2) is 4.92. The lowest BCUT2D eigenvalue weighted by atomic mass is 9.93. The van der Waals surface area contributed by atoms with Crippen LogP contribution in [0, 0.1) is 5.92 Å². The molecule has 1 heterocycles. The molecule has 1 saturated heterocycles. The van der Waals surface area contributed by atoms with Crippen LogP contribution in [0.25, 0.3) is 0 Å². The summed E-state index contributed by atoms with van der Waals surface area (Å²) in [4.78, 5) is 22.9. The van der Waals surface area contributed by atoms with Gasteiger partial charge in [-0.2, -0.15) is 0 Å². The average Bonchev–Trinajstić information content (AvgIpc) is 2.30. The largest absolute Gasteiger partial charge is 0.465 e. The van der Waals surface area contributed by atoms with Gasteiger partial charge < -0.3 is 4.74 Å². The van der Waals surface area contributed by atoms with E-state index in [1.165, 1.54) is 0 Å². The summed E-state index contributed by atoms with van der Waals surface area (Å²) in [5, 5.41) is 0. The van der Waals surface area contributed by atoms with E-state index in [4.69, 9.17) is 4.74 Å². The second-order valence-electron chi connectivity index (χ2n) is 3.96. The van der Waals surface area contributed by atoms with Gasteiger partial charge in [0.15, 0.2) is 5.78 Å². The first kappa shape index (κ1) is 10.9. The number of esters is 1. The summed E-state index contributed by atoms with van der Waals surface area (Å²) in [6, 6.07) is 9.85. The van der Waals surface area contributed by atoms with Gasteiger partial charge in [0.2, 0.25) is 0 Å². The molecule has 1 aromatic rings. The van der Waals surface area contributed by atoms with Crippen LogP contribution in [0.4, 0.5) is 0 Å². The van der Waals surface area contributed by atoms with Crippen LogP contribution < -0.4 is 0 Å². The lowest BCUT2D eigenvalue weighted by molar-refractivity contribution is -0.158. The highest BCUT2D eigenvalue weighted by atomic mass is 16.5. The Hall–Kier alpha value is -1.64. The van der Waals surface area contributed by atoms with Crippen molar-refractivity contribution in [2.75, 3.05) is 6.61 Å². The molecule has 1 atom stereocenters. The monoisotopic (exact) mass is 218 g/mol. The van der Waals surface area contributed by atoms with Gasteiger partial charge in [0, 0.05) is 6.42 Å². The molecule has 16 heavy (non-hydrogen) atoms. The number of ketones is 1. The molecule has 1 aromatic carbocycles. The smallest absolute Gasteiger partial charge is 0.316 e. The summed E-state index contributed by atoms with van der Waals surface area (Å²) in [6.45, 7) is 0.250. The van der Waals surface area contributed by atoms with E-state index in [0.717, 1.165) is 12.0 Å². The molecule has 0 saturated carbocycles. The number of aryl methyl sites for hydroxylation is 1. The van der Waals surface area contributed by atoms with Gasteiger partial charge in [-0.05, 0) is 18.4 Å². The number of benzene rings is 1. The molecule has 0 bridgehead atoms. The first-order chi connectivity index (χ1) is 7.77. The molecule has 0 radical (unpaired) electrons.